The number of nitrogens with one attached hydrogen (secondary N) is 1. The molecule has 1 aromatic rings. The molecule has 0 atom stereocenters. The number of carbonyl (C=O) groups is 1. The van der Waals surface area contributed by atoms with Crippen LogP contribution in [0.15, 0.2) is 12.3 Å². The highest BCUT2D eigenvalue weighted by Crippen LogP contribution is 2.10. The SMILES string of the molecule is CN1CCCN(C(=O)c2cc(N)c[nH]2)CC1. The van der Waals surface area contributed by atoms with Gasteiger partial charge in [0, 0.05) is 31.5 Å². The summed E-state index contributed by atoms with van der Waals surface area (Å²) in [4.78, 5) is 19.1. The Labute approximate surface area is 95.2 Å². The van der Waals surface area contributed by atoms with Gasteiger partial charge >= 0.3 is 0 Å². The zero-order valence-electron chi connectivity index (χ0n) is 9.57. The standard InChI is InChI=1S/C11H18N4O/c1-14-3-2-4-15(6-5-14)11(16)10-7-9(12)8-13-10/h7-8,13H,2-6,12H2,1H3. The van der Waals surface area contributed by atoms with E-state index < -0.39 is 0 Å². The Bertz CT molecular complexity index is 374. The Morgan fingerprint density at radius 1 is 1.38 bits per heavy atom. The maximum atomic E-state index is 12.1. The Morgan fingerprint density at radius 2 is 2.19 bits per heavy atom. The molecular formula is C11H18N4O. The number of aromatic amines is 1. The molecule has 1 amide bonds. The molecule has 0 unspecified atom stereocenters. The normalized spacial score (nSPS) is 18.4. The predicted molar refractivity (Wildman–Crippen MR) is 63.2 cm³/mol. The zero-order valence-corrected chi connectivity index (χ0v) is 9.57. The summed E-state index contributed by atoms with van der Waals surface area (Å²) in [6.07, 6.45) is 2.68. The fourth-order valence-corrected chi connectivity index (χ4v) is 1.95. The number of hydrogen-bond donors (Lipinski definition) is 2. The van der Waals surface area contributed by atoms with Crippen LogP contribution >= 0.6 is 0 Å². The molecule has 1 fully saturated rings. The maximum absolute atomic E-state index is 12.1. The number of nitrogen functional groups attached to an aromatic ring is 1. The summed E-state index contributed by atoms with van der Waals surface area (Å²) in [5, 5.41) is 0. The Kier molecular flexibility index (Phi) is 3.14. The van der Waals surface area contributed by atoms with Gasteiger partial charge in [-0.05, 0) is 26.1 Å². The summed E-state index contributed by atoms with van der Waals surface area (Å²) < 4.78 is 0. The van der Waals surface area contributed by atoms with Crippen molar-refractivity contribution in [3.05, 3.63) is 18.0 Å². The van der Waals surface area contributed by atoms with Crippen LogP contribution in [0.3, 0.4) is 0 Å². The lowest BCUT2D eigenvalue weighted by atomic mass is 10.3. The second kappa shape index (κ2) is 4.57. The van der Waals surface area contributed by atoms with E-state index in [-0.39, 0.29) is 5.91 Å². The minimum absolute atomic E-state index is 0.0481. The molecule has 0 saturated carbocycles. The van der Waals surface area contributed by atoms with Crippen LogP contribution in [0.1, 0.15) is 16.9 Å². The molecule has 1 aliphatic heterocycles. The first-order chi connectivity index (χ1) is 7.66. The highest BCUT2D eigenvalue weighted by molar-refractivity contribution is 5.93. The largest absolute Gasteiger partial charge is 0.397 e. The van der Waals surface area contributed by atoms with E-state index in [1.807, 2.05) is 4.90 Å². The molecule has 2 heterocycles. The minimum atomic E-state index is 0.0481. The van der Waals surface area contributed by atoms with E-state index >= 15 is 0 Å². The summed E-state index contributed by atoms with van der Waals surface area (Å²) in [5.41, 5.74) is 6.78. The first-order valence-corrected chi connectivity index (χ1v) is 5.58. The van der Waals surface area contributed by atoms with Gasteiger partial charge in [-0.1, -0.05) is 0 Å². The third kappa shape index (κ3) is 2.36. The number of H-pyrrole nitrogens is 1. The fourth-order valence-electron chi connectivity index (χ4n) is 1.95. The van der Waals surface area contributed by atoms with E-state index in [1.54, 1.807) is 12.3 Å². The van der Waals surface area contributed by atoms with Crippen molar-refractivity contribution in [2.24, 2.45) is 0 Å². The first kappa shape index (κ1) is 11.0. The van der Waals surface area contributed by atoms with E-state index in [0.717, 1.165) is 32.6 Å². The molecule has 88 valence electrons. The molecule has 0 radical (unpaired) electrons. The smallest absolute Gasteiger partial charge is 0.270 e. The molecule has 5 nitrogen and oxygen atoms in total. The van der Waals surface area contributed by atoms with E-state index in [4.69, 9.17) is 5.73 Å². The van der Waals surface area contributed by atoms with Crippen LogP contribution < -0.4 is 5.73 Å². The number of nitrogens with two attached hydrogens (primary N) is 1. The Balaban J connectivity index is 2.04. The predicted octanol–water partition coefficient (Wildman–Crippen LogP) is 0.375. The van der Waals surface area contributed by atoms with Crippen molar-refractivity contribution >= 4 is 11.6 Å². The minimum Gasteiger partial charge on any atom is -0.397 e. The van der Waals surface area contributed by atoms with E-state index in [0.29, 0.717) is 11.4 Å². The van der Waals surface area contributed by atoms with E-state index in [9.17, 15) is 4.79 Å². The van der Waals surface area contributed by atoms with Crippen LogP contribution in [0, 0.1) is 0 Å². The van der Waals surface area contributed by atoms with Gasteiger partial charge < -0.3 is 20.5 Å². The van der Waals surface area contributed by atoms with Gasteiger partial charge in [-0.15, -0.1) is 0 Å². The van der Waals surface area contributed by atoms with Gasteiger partial charge in [-0.3, -0.25) is 4.79 Å². The second-order valence-corrected chi connectivity index (χ2v) is 4.30. The van der Waals surface area contributed by atoms with Crippen LogP contribution in [0.4, 0.5) is 5.69 Å². The lowest BCUT2D eigenvalue weighted by Crippen LogP contribution is -2.34. The fraction of sp³-hybridized carbons (Fsp3) is 0.545. The topological polar surface area (TPSA) is 65.4 Å². The molecule has 0 spiro atoms. The first-order valence-electron chi connectivity index (χ1n) is 5.58. The molecule has 0 aromatic carbocycles. The average molecular weight is 222 g/mol. The number of hydrogen-bond acceptors (Lipinski definition) is 3. The molecule has 1 aliphatic rings. The lowest BCUT2D eigenvalue weighted by Gasteiger charge is -2.19. The zero-order chi connectivity index (χ0) is 11.5. The number of nitrogens with zero attached hydrogens (tertiary/aromatic N) is 2. The molecule has 0 bridgehead atoms. The number of anilines is 1. The monoisotopic (exact) mass is 222 g/mol. The van der Waals surface area contributed by atoms with Crippen LogP contribution in [-0.2, 0) is 0 Å². The molecule has 0 aliphatic carbocycles. The van der Waals surface area contributed by atoms with Gasteiger partial charge in [0.15, 0.2) is 0 Å². The third-order valence-electron chi connectivity index (χ3n) is 2.94. The van der Waals surface area contributed by atoms with Crippen molar-refractivity contribution in [3.8, 4) is 0 Å². The number of aromatic nitrogens is 1. The van der Waals surface area contributed by atoms with Crippen LogP contribution in [0.2, 0.25) is 0 Å². The summed E-state index contributed by atoms with van der Waals surface area (Å²) in [5.74, 6) is 0.0481. The van der Waals surface area contributed by atoms with Crippen molar-refractivity contribution in [1.29, 1.82) is 0 Å². The van der Waals surface area contributed by atoms with E-state index in [1.165, 1.54) is 0 Å². The molecule has 16 heavy (non-hydrogen) atoms. The van der Waals surface area contributed by atoms with Gasteiger partial charge in [-0.25, -0.2) is 0 Å². The van der Waals surface area contributed by atoms with Gasteiger partial charge in [0.1, 0.15) is 5.69 Å². The molecule has 5 heteroatoms. The van der Waals surface area contributed by atoms with Crippen molar-refractivity contribution in [2.45, 2.75) is 6.42 Å². The summed E-state index contributed by atoms with van der Waals surface area (Å²) in [6.45, 7) is 3.59. The summed E-state index contributed by atoms with van der Waals surface area (Å²) in [6, 6.07) is 1.69. The molecule has 1 saturated heterocycles. The number of amides is 1. The molecule has 3 N–H and O–H groups in total. The van der Waals surface area contributed by atoms with Gasteiger partial charge in [0.2, 0.25) is 0 Å². The number of carbonyl (C=O) groups excluding carboxylic acids is 1. The third-order valence-corrected chi connectivity index (χ3v) is 2.94. The van der Waals surface area contributed by atoms with Crippen molar-refractivity contribution in [1.82, 2.24) is 14.8 Å². The van der Waals surface area contributed by atoms with Crippen molar-refractivity contribution in [2.75, 3.05) is 39.0 Å². The van der Waals surface area contributed by atoms with Crippen LogP contribution in [0.5, 0.6) is 0 Å². The summed E-state index contributed by atoms with van der Waals surface area (Å²) in [7, 11) is 2.08. The van der Waals surface area contributed by atoms with Crippen molar-refractivity contribution < 1.29 is 4.79 Å². The highest BCUT2D eigenvalue weighted by atomic mass is 16.2. The number of rotatable bonds is 1. The molecule has 2 rings (SSSR count). The maximum Gasteiger partial charge on any atom is 0.270 e. The van der Waals surface area contributed by atoms with Gasteiger partial charge in [-0.2, -0.15) is 0 Å². The molecule has 1 aromatic heterocycles. The summed E-state index contributed by atoms with van der Waals surface area (Å²) >= 11 is 0. The Morgan fingerprint density at radius 3 is 2.88 bits per heavy atom. The van der Waals surface area contributed by atoms with E-state index in [2.05, 4.69) is 16.9 Å². The lowest BCUT2D eigenvalue weighted by molar-refractivity contribution is 0.0757. The number of likely N-dealkylation sites (N-methyl/N-ethyl adjacent to an activating group) is 1. The quantitative estimate of drug-likeness (QED) is 0.721. The van der Waals surface area contributed by atoms with Gasteiger partial charge in [0.25, 0.3) is 5.91 Å². The van der Waals surface area contributed by atoms with Crippen LogP contribution in [-0.4, -0.2) is 53.9 Å². The van der Waals surface area contributed by atoms with Crippen LogP contribution in [0.25, 0.3) is 0 Å². The highest BCUT2D eigenvalue weighted by Gasteiger charge is 2.19. The van der Waals surface area contributed by atoms with Gasteiger partial charge in [0.05, 0.1) is 0 Å². The average Bonchev–Trinajstić information content (AvgIpc) is 2.57. The Hall–Kier alpha value is -1.49. The van der Waals surface area contributed by atoms with Crippen molar-refractivity contribution in [3.63, 3.8) is 0 Å². The second-order valence-electron chi connectivity index (χ2n) is 4.30. The molecular weight excluding hydrogens is 204 g/mol.